The molecule has 8 heteroatoms. The van der Waals surface area contributed by atoms with E-state index in [0.717, 1.165) is 28.2 Å². The van der Waals surface area contributed by atoms with Crippen LogP contribution in [0.2, 0.25) is 0 Å². The average molecular weight is 316 g/mol. The quantitative estimate of drug-likeness (QED) is 0.720. The molecule has 0 radical (unpaired) electrons. The van der Waals surface area contributed by atoms with Crippen molar-refractivity contribution in [3.05, 3.63) is 32.9 Å². The highest BCUT2D eigenvalue weighted by Gasteiger charge is 2.35. The number of aliphatic hydroxyl groups excluding tert-OH is 2. The van der Waals surface area contributed by atoms with E-state index in [0.29, 0.717) is 6.42 Å². The lowest BCUT2D eigenvalue weighted by molar-refractivity contribution is -0.0466. The van der Waals surface area contributed by atoms with Crippen LogP contribution < -0.4 is 11.2 Å². The molecule has 3 atom stereocenters. The Labute approximate surface area is 126 Å². The smallest absolute Gasteiger partial charge is 0.333 e. The molecule has 124 valence electrons. The third-order valence-electron chi connectivity index (χ3n) is 3.83. The summed E-state index contributed by atoms with van der Waals surface area (Å²) in [6, 6.07) is 0. The normalized spacial score (nSPS) is 24.8. The van der Waals surface area contributed by atoms with Gasteiger partial charge in [-0.25, -0.2) is 4.79 Å². The summed E-state index contributed by atoms with van der Waals surface area (Å²) in [5.41, 5.74) is -1.62. The fourth-order valence-corrected chi connectivity index (χ4v) is 2.56. The first kappa shape index (κ1) is 16.9. The number of unbranched alkanes of at least 4 members (excludes halogenated alkanes) is 2. The molecule has 22 heavy (non-hydrogen) atoms. The van der Waals surface area contributed by atoms with Gasteiger partial charge in [0.05, 0.1) is 18.9 Å². The van der Waals surface area contributed by atoms with Crippen molar-refractivity contribution in [2.24, 2.45) is 0 Å². The van der Waals surface area contributed by atoms with E-state index in [-0.39, 0.29) is 13.0 Å². The van der Waals surface area contributed by atoms with Crippen molar-refractivity contribution in [2.75, 3.05) is 6.61 Å². The van der Waals surface area contributed by atoms with Crippen molar-refractivity contribution in [1.29, 1.82) is 0 Å². The van der Waals surface area contributed by atoms with Gasteiger partial charge in [-0.05, 0) is 6.42 Å². The maximum absolute atomic E-state index is 13.8. The Morgan fingerprint density at radius 3 is 2.73 bits per heavy atom. The van der Waals surface area contributed by atoms with Crippen molar-refractivity contribution >= 4 is 0 Å². The zero-order valence-electron chi connectivity index (χ0n) is 12.4. The Morgan fingerprint density at radius 2 is 2.14 bits per heavy atom. The molecule has 2 rings (SSSR count). The largest absolute Gasteiger partial charge is 0.394 e. The lowest BCUT2D eigenvalue weighted by Gasteiger charge is -2.16. The Kier molecular flexibility index (Phi) is 5.49. The Balaban J connectivity index is 2.33. The molecule has 7 nitrogen and oxygen atoms in total. The van der Waals surface area contributed by atoms with Crippen LogP contribution >= 0.6 is 0 Å². The SMILES string of the molecule is CCCCCn1c(=O)c(F)cn([C@@H]2CC(O)[C@H](CO)O2)c1=O. The van der Waals surface area contributed by atoms with E-state index in [4.69, 9.17) is 9.84 Å². The summed E-state index contributed by atoms with van der Waals surface area (Å²) in [4.78, 5) is 24.1. The third kappa shape index (κ3) is 3.29. The second-order valence-electron chi connectivity index (χ2n) is 5.45. The van der Waals surface area contributed by atoms with E-state index in [1.54, 1.807) is 0 Å². The van der Waals surface area contributed by atoms with E-state index < -0.39 is 42.1 Å². The highest BCUT2D eigenvalue weighted by Crippen LogP contribution is 2.27. The van der Waals surface area contributed by atoms with Crippen molar-refractivity contribution in [3.63, 3.8) is 0 Å². The fourth-order valence-electron chi connectivity index (χ4n) is 2.56. The average Bonchev–Trinajstić information content (AvgIpc) is 2.87. The summed E-state index contributed by atoms with van der Waals surface area (Å²) < 4.78 is 21.0. The van der Waals surface area contributed by atoms with Crippen LogP contribution in [0.4, 0.5) is 4.39 Å². The van der Waals surface area contributed by atoms with Gasteiger partial charge in [-0.3, -0.25) is 13.9 Å². The zero-order chi connectivity index (χ0) is 16.3. The summed E-state index contributed by atoms with van der Waals surface area (Å²) in [5, 5.41) is 18.8. The lowest BCUT2D eigenvalue weighted by Crippen LogP contribution is -2.42. The van der Waals surface area contributed by atoms with E-state index in [2.05, 4.69) is 0 Å². The number of halogens is 1. The molecule has 1 fully saturated rings. The summed E-state index contributed by atoms with van der Waals surface area (Å²) in [6.07, 6.45) is 0.540. The maximum Gasteiger partial charge on any atom is 0.333 e. The molecule has 1 aliphatic rings. The number of aliphatic hydroxyl groups is 2. The molecule has 1 unspecified atom stereocenters. The maximum atomic E-state index is 13.8. The molecule has 0 amide bonds. The molecule has 2 N–H and O–H groups in total. The topological polar surface area (TPSA) is 93.7 Å². The summed E-state index contributed by atoms with van der Waals surface area (Å²) in [5.74, 6) is -1.04. The predicted molar refractivity (Wildman–Crippen MR) is 76.1 cm³/mol. The first-order chi connectivity index (χ1) is 10.5. The van der Waals surface area contributed by atoms with Gasteiger partial charge in [0.15, 0.2) is 0 Å². The van der Waals surface area contributed by atoms with E-state index >= 15 is 0 Å². The van der Waals surface area contributed by atoms with Crippen molar-refractivity contribution in [3.8, 4) is 0 Å². The van der Waals surface area contributed by atoms with Crippen molar-refractivity contribution in [2.45, 2.75) is 57.6 Å². The minimum absolute atomic E-state index is 0.0533. The van der Waals surface area contributed by atoms with Crippen LogP contribution in [-0.4, -0.2) is 38.2 Å². The van der Waals surface area contributed by atoms with E-state index in [9.17, 15) is 19.1 Å². The molecule has 1 aromatic heterocycles. The molecule has 0 aromatic carbocycles. The molecule has 2 heterocycles. The summed E-state index contributed by atoms with van der Waals surface area (Å²) in [7, 11) is 0. The summed E-state index contributed by atoms with van der Waals surface area (Å²) in [6.45, 7) is 1.72. The van der Waals surface area contributed by atoms with Crippen LogP contribution in [0.1, 0.15) is 38.8 Å². The van der Waals surface area contributed by atoms with Gasteiger partial charge in [-0.2, -0.15) is 4.39 Å². The molecule has 0 aliphatic carbocycles. The minimum Gasteiger partial charge on any atom is -0.394 e. The van der Waals surface area contributed by atoms with Crippen LogP contribution in [0.25, 0.3) is 0 Å². The van der Waals surface area contributed by atoms with E-state index in [1.807, 2.05) is 6.92 Å². The number of aromatic nitrogens is 2. The molecule has 1 saturated heterocycles. The van der Waals surface area contributed by atoms with Gasteiger partial charge < -0.3 is 14.9 Å². The second kappa shape index (κ2) is 7.17. The van der Waals surface area contributed by atoms with Crippen LogP contribution in [0.15, 0.2) is 15.8 Å². The summed E-state index contributed by atoms with van der Waals surface area (Å²) >= 11 is 0. The Morgan fingerprint density at radius 1 is 1.41 bits per heavy atom. The molecule has 0 saturated carbocycles. The van der Waals surface area contributed by atoms with Gasteiger partial charge in [-0.1, -0.05) is 19.8 Å². The van der Waals surface area contributed by atoms with Gasteiger partial charge in [0, 0.05) is 13.0 Å². The molecule has 1 aliphatic heterocycles. The van der Waals surface area contributed by atoms with Gasteiger partial charge in [0.1, 0.15) is 12.3 Å². The standard InChI is InChI=1S/C14H21FN2O5/c1-2-3-4-5-16-13(20)9(15)7-17(14(16)21)12-6-10(19)11(8-18)22-12/h7,10-12,18-19H,2-6,8H2,1H3/t10?,11-,12-/m0/s1. The minimum atomic E-state index is -1.04. The van der Waals surface area contributed by atoms with Crippen molar-refractivity contribution in [1.82, 2.24) is 9.13 Å². The monoisotopic (exact) mass is 316 g/mol. The third-order valence-corrected chi connectivity index (χ3v) is 3.83. The number of hydrogen-bond acceptors (Lipinski definition) is 5. The number of hydrogen-bond donors (Lipinski definition) is 2. The van der Waals surface area contributed by atoms with Gasteiger partial charge in [0.2, 0.25) is 5.82 Å². The van der Waals surface area contributed by atoms with Gasteiger partial charge in [0.25, 0.3) is 5.56 Å². The highest BCUT2D eigenvalue weighted by atomic mass is 19.1. The van der Waals surface area contributed by atoms with Gasteiger partial charge in [-0.15, -0.1) is 0 Å². The Hall–Kier alpha value is -1.51. The van der Waals surface area contributed by atoms with Crippen LogP contribution in [-0.2, 0) is 11.3 Å². The number of nitrogens with zero attached hydrogens (tertiary/aromatic N) is 2. The molecule has 1 aromatic rings. The van der Waals surface area contributed by atoms with Crippen LogP contribution in [0.3, 0.4) is 0 Å². The zero-order valence-corrected chi connectivity index (χ0v) is 12.4. The molecular formula is C14H21FN2O5. The first-order valence-electron chi connectivity index (χ1n) is 7.45. The van der Waals surface area contributed by atoms with Crippen LogP contribution in [0, 0.1) is 5.82 Å². The fraction of sp³-hybridized carbons (Fsp3) is 0.714. The molecule has 0 bridgehead atoms. The highest BCUT2D eigenvalue weighted by molar-refractivity contribution is 4.93. The second-order valence-corrected chi connectivity index (χ2v) is 5.45. The van der Waals surface area contributed by atoms with E-state index in [1.165, 1.54) is 0 Å². The van der Waals surface area contributed by atoms with Crippen molar-refractivity contribution < 1.29 is 19.3 Å². The lowest BCUT2D eigenvalue weighted by atomic mass is 10.2. The molecular weight excluding hydrogens is 295 g/mol. The van der Waals surface area contributed by atoms with Gasteiger partial charge >= 0.3 is 5.69 Å². The Bertz CT molecular complexity index is 627. The van der Waals surface area contributed by atoms with Crippen LogP contribution in [0.5, 0.6) is 0 Å². The number of rotatable bonds is 6. The predicted octanol–water partition coefficient (Wildman–Crippen LogP) is -0.0200. The number of ether oxygens (including phenoxy) is 1. The molecule has 0 spiro atoms. The first-order valence-corrected chi connectivity index (χ1v) is 7.45.